The third-order valence-electron chi connectivity index (χ3n) is 6.99. The van der Waals surface area contributed by atoms with Gasteiger partial charge in [-0.2, -0.15) is 21.6 Å². The standard InChI is InChI=1S/C21H26F3NO4S/c1-12-8-13(2)17(14(3)9-12)18(21(22,23)24)25-29-30(27,28)11-20-7-6-15(10-16(20)26)19(20,4)5/h8-9,15H,6-7,10-11H2,1-5H3/b25-18-. The zero-order chi connectivity index (χ0) is 22.7. The van der Waals surface area contributed by atoms with Crippen molar-refractivity contribution in [3.63, 3.8) is 0 Å². The molecule has 2 atom stereocenters. The van der Waals surface area contributed by atoms with Gasteiger partial charge in [0, 0.05) is 12.0 Å². The first-order valence-corrected chi connectivity index (χ1v) is 11.4. The highest BCUT2D eigenvalue weighted by Crippen LogP contribution is 2.64. The fraction of sp³-hybridized carbons (Fsp3) is 0.619. The normalized spacial score (nSPS) is 26.3. The summed E-state index contributed by atoms with van der Waals surface area (Å²) < 4.78 is 71.0. The molecular formula is C21H26F3NO4S. The summed E-state index contributed by atoms with van der Waals surface area (Å²) in [4.78, 5) is 12.6. The van der Waals surface area contributed by atoms with Gasteiger partial charge in [-0.3, -0.25) is 9.08 Å². The van der Waals surface area contributed by atoms with E-state index in [1.54, 1.807) is 19.1 Å². The number of aryl methyl sites for hydroxylation is 3. The van der Waals surface area contributed by atoms with Crippen LogP contribution in [0.4, 0.5) is 13.2 Å². The third kappa shape index (κ3) is 3.65. The molecule has 3 rings (SSSR count). The molecule has 166 valence electrons. The summed E-state index contributed by atoms with van der Waals surface area (Å²) in [5.41, 5.74) is -1.90. The molecule has 0 radical (unpaired) electrons. The van der Waals surface area contributed by atoms with E-state index in [2.05, 4.69) is 9.44 Å². The van der Waals surface area contributed by atoms with Crippen molar-refractivity contribution >= 4 is 21.6 Å². The molecule has 0 amide bonds. The summed E-state index contributed by atoms with van der Waals surface area (Å²) in [6, 6.07) is 3.13. The van der Waals surface area contributed by atoms with Crippen molar-refractivity contribution in [1.82, 2.24) is 0 Å². The third-order valence-corrected chi connectivity index (χ3v) is 8.13. The largest absolute Gasteiger partial charge is 0.437 e. The van der Waals surface area contributed by atoms with E-state index in [4.69, 9.17) is 0 Å². The topological polar surface area (TPSA) is 72.8 Å². The summed E-state index contributed by atoms with van der Waals surface area (Å²) in [5, 5.41) is 3.07. The number of benzene rings is 1. The van der Waals surface area contributed by atoms with Gasteiger partial charge >= 0.3 is 16.3 Å². The lowest BCUT2D eigenvalue weighted by Crippen LogP contribution is -2.42. The molecule has 0 heterocycles. The van der Waals surface area contributed by atoms with Crippen molar-refractivity contribution in [2.24, 2.45) is 21.9 Å². The molecule has 0 aromatic heterocycles. The molecule has 2 saturated carbocycles. The van der Waals surface area contributed by atoms with E-state index in [0.29, 0.717) is 30.4 Å². The Labute approximate surface area is 174 Å². The molecule has 2 fully saturated rings. The first kappa shape index (κ1) is 22.8. The van der Waals surface area contributed by atoms with Crippen LogP contribution in [0.15, 0.2) is 17.3 Å². The highest BCUT2D eigenvalue weighted by atomic mass is 32.2. The summed E-state index contributed by atoms with van der Waals surface area (Å²) in [5.74, 6) is -0.753. The van der Waals surface area contributed by atoms with Gasteiger partial charge in [0.2, 0.25) is 0 Å². The number of alkyl halides is 3. The number of carbonyl (C=O) groups is 1. The molecule has 2 aliphatic rings. The number of nitrogens with zero attached hydrogens (tertiary/aromatic N) is 1. The zero-order valence-electron chi connectivity index (χ0n) is 17.7. The number of fused-ring (bicyclic) bond motifs is 2. The van der Waals surface area contributed by atoms with Crippen molar-refractivity contribution in [2.45, 2.75) is 60.1 Å². The van der Waals surface area contributed by atoms with Crippen molar-refractivity contribution < 1.29 is 30.7 Å². The van der Waals surface area contributed by atoms with Crippen LogP contribution in [0, 0.1) is 37.5 Å². The van der Waals surface area contributed by atoms with Crippen LogP contribution in [0.2, 0.25) is 0 Å². The lowest BCUT2D eigenvalue weighted by atomic mass is 9.70. The maximum atomic E-state index is 13.7. The van der Waals surface area contributed by atoms with E-state index >= 15 is 0 Å². The highest BCUT2D eigenvalue weighted by molar-refractivity contribution is 7.86. The highest BCUT2D eigenvalue weighted by Gasteiger charge is 2.65. The lowest BCUT2D eigenvalue weighted by molar-refractivity contribution is -0.128. The number of ketones is 1. The SMILES string of the molecule is Cc1cc(C)c(/C(=N/OS(=O)(=O)CC23CCC(CC2=O)C3(C)C)C(F)(F)F)c(C)c1. The second kappa shape index (κ2) is 7.07. The van der Waals surface area contributed by atoms with Crippen molar-refractivity contribution in [3.8, 4) is 0 Å². The Hall–Kier alpha value is -1.90. The number of hydrogen-bond donors (Lipinski definition) is 0. The Morgan fingerprint density at radius 1 is 1.20 bits per heavy atom. The predicted octanol–water partition coefficient (Wildman–Crippen LogP) is 4.62. The zero-order valence-corrected chi connectivity index (χ0v) is 18.5. The molecule has 2 bridgehead atoms. The van der Waals surface area contributed by atoms with Crippen LogP contribution in [0.3, 0.4) is 0 Å². The number of carbonyl (C=O) groups excluding carboxylic acids is 1. The van der Waals surface area contributed by atoms with Gasteiger partial charge in [0.25, 0.3) is 0 Å². The van der Waals surface area contributed by atoms with Crippen molar-refractivity contribution in [2.75, 3.05) is 5.75 Å². The summed E-state index contributed by atoms with van der Waals surface area (Å²) in [6.45, 7) is 8.44. The maximum absolute atomic E-state index is 13.7. The van der Waals surface area contributed by atoms with Crippen LogP contribution in [0.5, 0.6) is 0 Å². The molecule has 5 nitrogen and oxygen atoms in total. The Balaban J connectivity index is 1.96. The number of Topliss-reactive ketones (excluding diaryl/α,β-unsaturated/α-hetero) is 1. The van der Waals surface area contributed by atoms with Crippen LogP contribution in [0.1, 0.15) is 55.4 Å². The number of halogens is 3. The molecule has 0 spiro atoms. The van der Waals surface area contributed by atoms with Crippen LogP contribution in [-0.4, -0.2) is 31.8 Å². The van der Waals surface area contributed by atoms with Crippen LogP contribution < -0.4 is 0 Å². The fourth-order valence-corrected chi connectivity index (χ4v) is 6.84. The van der Waals surface area contributed by atoms with Gasteiger partial charge < -0.3 is 0 Å². The maximum Gasteiger partial charge on any atom is 0.437 e. The van der Waals surface area contributed by atoms with Gasteiger partial charge in [0.15, 0.2) is 5.71 Å². The minimum atomic E-state index is -4.92. The molecule has 0 aliphatic heterocycles. The van der Waals surface area contributed by atoms with E-state index in [-0.39, 0.29) is 17.3 Å². The molecular weight excluding hydrogens is 419 g/mol. The van der Waals surface area contributed by atoms with Gasteiger partial charge in [-0.05, 0) is 56.1 Å². The Kier molecular flexibility index (Phi) is 5.37. The average Bonchev–Trinajstić information content (AvgIpc) is 2.89. The second-order valence-electron chi connectivity index (χ2n) is 9.15. The molecule has 1 aromatic carbocycles. The number of hydrogen-bond acceptors (Lipinski definition) is 5. The Morgan fingerprint density at radius 2 is 1.77 bits per heavy atom. The predicted molar refractivity (Wildman–Crippen MR) is 107 cm³/mol. The summed E-state index contributed by atoms with van der Waals surface area (Å²) in [7, 11) is -4.52. The molecule has 30 heavy (non-hydrogen) atoms. The average molecular weight is 446 g/mol. The second-order valence-corrected chi connectivity index (χ2v) is 10.7. The molecule has 2 aliphatic carbocycles. The van der Waals surface area contributed by atoms with E-state index in [0.717, 1.165) is 5.56 Å². The first-order chi connectivity index (χ1) is 13.6. The monoisotopic (exact) mass is 445 g/mol. The summed E-state index contributed by atoms with van der Waals surface area (Å²) >= 11 is 0. The van der Waals surface area contributed by atoms with Gasteiger partial charge in [-0.15, -0.1) is 0 Å². The minimum Gasteiger partial charge on any atom is -0.299 e. The van der Waals surface area contributed by atoms with Gasteiger partial charge in [0.05, 0.1) is 5.41 Å². The Morgan fingerprint density at radius 3 is 2.20 bits per heavy atom. The minimum absolute atomic E-state index is 0.0762. The number of rotatable bonds is 5. The van der Waals surface area contributed by atoms with Gasteiger partial charge in [0.1, 0.15) is 11.5 Å². The van der Waals surface area contributed by atoms with Crippen molar-refractivity contribution in [1.29, 1.82) is 0 Å². The van der Waals surface area contributed by atoms with E-state index in [1.807, 2.05) is 13.8 Å². The van der Waals surface area contributed by atoms with Gasteiger partial charge in [-0.25, -0.2) is 0 Å². The quantitative estimate of drug-likeness (QED) is 0.490. The fourth-order valence-electron chi connectivity index (χ4n) is 5.32. The van der Waals surface area contributed by atoms with E-state index in [9.17, 15) is 26.4 Å². The molecule has 0 saturated heterocycles. The van der Waals surface area contributed by atoms with Crippen molar-refractivity contribution in [3.05, 3.63) is 34.4 Å². The van der Waals surface area contributed by atoms with Crippen LogP contribution in [0.25, 0.3) is 0 Å². The summed E-state index contributed by atoms with van der Waals surface area (Å²) in [6.07, 6.45) is -3.52. The molecule has 2 unspecified atom stereocenters. The van der Waals surface area contributed by atoms with Crippen LogP contribution in [-0.2, 0) is 19.2 Å². The van der Waals surface area contributed by atoms with E-state index < -0.39 is 38.6 Å². The molecule has 0 N–H and O–H groups in total. The van der Waals surface area contributed by atoms with Gasteiger partial charge in [-0.1, -0.05) is 36.7 Å². The van der Waals surface area contributed by atoms with Crippen LogP contribution >= 0.6 is 0 Å². The smallest absolute Gasteiger partial charge is 0.299 e. The Bertz CT molecular complexity index is 1000. The first-order valence-electron chi connectivity index (χ1n) is 9.79. The number of oxime groups is 1. The molecule has 9 heteroatoms. The lowest BCUT2D eigenvalue weighted by Gasteiger charge is -2.35. The van der Waals surface area contributed by atoms with E-state index in [1.165, 1.54) is 13.8 Å². The molecule has 1 aromatic rings.